The Bertz CT molecular complexity index is 4880. The van der Waals surface area contributed by atoms with Crippen molar-refractivity contribution in [1.29, 1.82) is 0 Å². The van der Waals surface area contributed by atoms with E-state index in [2.05, 4.69) is 324 Å². The zero-order valence-electron chi connectivity index (χ0n) is 46.4. The van der Waals surface area contributed by atoms with Crippen molar-refractivity contribution in [3.8, 4) is 84.1 Å². The lowest BCUT2D eigenvalue weighted by Crippen LogP contribution is -2.00. The fourth-order valence-corrected chi connectivity index (χ4v) is 12.6. The van der Waals surface area contributed by atoms with Crippen LogP contribution >= 0.6 is 0 Å². The van der Waals surface area contributed by atoms with Crippen LogP contribution in [0.25, 0.3) is 150 Å². The molecule has 0 bridgehead atoms. The quantitative estimate of drug-likeness (QED) is 0.132. The molecule has 16 rings (SSSR count). The van der Waals surface area contributed by atoms with Gasteiger partial charge in [0.2, 0.25) is 0 Å². The molecule has 0 radical (unpaired) electrons. The van der Waals surface area contributed by atoms with E-state index < -0.39 is 0 Å². The van der Waals surface area contributed by atoms with Crippen LogP contribution < -0.4 is 0 Å². The Kier molecular flexibility index (Phi) is 12.5. The summed E-state index contributed by atoms with van der Waals surface area (Å²) < 4.78 is 7.26. The van der Waals surface area contributed by atoms with Crippen molar-refractivity contribution in [2.75, 3.05) is 0 Å². The molecule has 396 valence electrons. The summed E-state index contributed by atoms with van der Waals surface area (Å²) in [4.78, 5) is 5.60. The average Bonchev–Trinajstić information content (AvgIpc) is 3.53. The highest BCUT2D eigenvalue weighted by molar-refractivity contribution is 6.12. The van der Waals surface area contributed by atoms with Crippen LogP contribution in [0.3, 0.4) is 0 Å². The first-order chi connectivity index (χ1) is 41.6. The normalized spacial score (nSPS) is 11.4. The molecule has 0 saturated heterocycles. The topological polar surface area (TPSA) is 27.7 Å². The van der Waals surface area contributed by atoms with E-state index in [4.69, 9.17) is 4.98 Å². The van der Waals surface area contributed by atoms with E-state index in [-0.39, 0.29) is 0 Å². The number of fused-ring (bicyclic) bond motifs is 9. The van der Waals surface area contributed by atoms with Crippen LogP contribution in [-0.4, -0.2) is 18.7 Å². The van der Waals surface area contributed by atoms with E-state index in [1.54, 1.807) is 6.08 Å². The monoisotopic (exact) mass is 1070 g/mol. The number of hydrogen-bond donors (Lipinski definition) is 0. The van der Waals surface area contributed by atoms with Crippen molar-refractivity contribution in [3.63, 3.8) is 0 Å². The Morgan fingerprint density at radius 1 is 0.238 bits per heavy atom. The minimum absolute atomic E-state index is 0.899. The van der Waals surface area contributed by atoms with Gasteiger partial charge < -0.3 is 13.7 Å². The zero-order chi connectivity index (χ0) is 56.1. The lowest BCUT2D eigenvalue weighted by molar-refractivity contribution is 1.13. The highest BCUT2D eigenvalue weighted by Crippen LogP contribution is 2.41. The number of para-hydroxylation sites is 6. The smallest absolute Gasteiger partial charge is 0.0715 e. The maximum atomic E-state index is 5.60. The van der Waals surface area contributed by atoms with E-state index in [0.29, 0.717) is 0 Å². The molecule has 4 heteroatoms. The lowest BCUT2D eigenvalue weighted by Gasteiger charge is -2.16. The molecule has 0 aliphatic carbocycles. The number of rotatable bonds is 9. The average molecular weight is 1070 g/mol. The van der Waals surface area contributed by atoms with E-state index in [1.807, 2.05) is 6.92 Å². The highest BCUT2D eigenvalue weighted by Gasteiger charge is 2.19. The van der Waals surface area contributed by atoms with Gasteiger partial charge in [0.05, 0.1) is 44.5 Å². The summed E-state index contributed by atoms with van der Waals surface area (Å²) in [5.74, 6) is 0. The summed E-state index contributed by atoms with van der Waals surface area (Å²) in [6.45, 7) is 5.25. The first kappa shape index (κ1) is 49.9. The van der Waals surface area contributed by atoms with E-state index in [1.165, 1.54) is 76.5 Å². The molecule has 0 spiro atoms. The van der Waals surface area contributed by atoms with Crippen LogP contribution in [0.4, 0.5) is 0 Å². The van der Waals surface area contributed by atoms with Crippen molar-refractivity contribution < 1.29 is 0 Å². The molecule has 0 atom stereocenters. The van der Waals surface area contributed by atoms with Crippen LogP contribution in [0.5, 0.6) is 0 Å². The van der Waals surface area contributed by atoms with Crippen LogP contribution in [0.15, 0.2) is 316 Å². The second kappa shape index (κ2) is 21.1. The number of hydrogen-bond acceptors (Lipinski definition) is 1. The Morgan fingerprint density at radius 2 is 0.512 bits per heavy atom. The summed E-state index contributed by atoms with van der Waals surface area (Å²) in [5, 5.41) is 7.42. The SMILES string of the molecule is C=CC.c1ccc(-c2ccc(-c3cc(-c4cccc(-c5cccc(-n6c7ccccc7c7ccccc76)c5)c4)nc(-c4cccc(-c5cc(-n6c7ccccc7c7ccccc76)cc(-n6c7ccccc7c7ccccc76)c5)c4)c3)cc2)cc1. The number of pyridine rings is 1. The third kappa shape index (κ3) is 8.77. The summed E-state index contributed by atoms with van der Waals surface area (Å²) in [5.41, 5.74) is 23.3. The second-order valence-corrected chi connectivity index (χ2v) is 21.5. The molecule has 0 aliphatic rings. The molecular formula is C80H56N4. The van der Waals surface area contributed by atoms with Crippen molar-refractivity contribution in [3.05, 3.63) is 316 Å². The van der Waals surface area contributed by atoms with Gasteiger partial charge in [-0.05, 0) is 142 Å². The summed E-state index contributed by atoms with van der Waals surface area (Å²) in [7, 11) is 0. The van der Waals surface area contributed by atoms with E-state index >= 15 is 0 Å². The van der Waals surface area contributed by atoms with Crippen LogP contribution in [0, 0.1) is 0 Å². The minimum atomic E-state index is 0.899. The summed E-state index contributed by atoms with van der Waals surface area (Å²) >= 11 is 0. The molecule has 4 heterocycles. The largest absolute Gasteiger partial charge is 0.309 e. The molecule has 0 fully saturated rings. The van der Waals surface area contributed by atoms with Crippen molar-refractivity contribution in [2.24, 2.45) is 0 Å². The fourth-order valence-electron chi connectivity index (χ4n) is 12.6. The molecule has 84 heavy (non-hydrogen) atoms. The van der Waals surface area contributed by atoms with Gasteiger partial charge in [-0.15, -0.1) is 6.58 Å². The molecule has 0 unspecified atom stereocenters. The summed E-state index contributed by atoms with van der Waals surface area (Å²) in [6, 6.07) is 110. The highest BCUT2D eigenvalue weighted by atomic mass is 15.0. The van der Waals surface area contributed by atoms with Gasteiger partial charge in [-0.1, -0.05) is 218 Å². The molecule has 4 aromatic heterocycles. The van der Waals surface area contributed by atoms with Gasteiger partial charge >= 0.3 is 0 Å². The van der Waals surface area contributed by atoms with Gasteiger partial charge in [0.25, 0.3) is 0 Å². The van der Waals surface area contributed by atoms with Crippen LogP contribution in [0.2, 0.25) is 0 Å². The Labute approximate surface area is 488 Å². The van der Waals surface area contributed by atoms with Gasteiger partial charge in [0, 0.05) is 60.5 Å². The number of allylic oxidation sites excluding steroid dienone is 1. The Hall–Kier alpha value is -11.1. The Balaban J connectivity index is 0.00000196. The van der Waals surface area contributed by atoms with Gasteiger partial charge in [-0.3, -0.25) is 0 Å². The van der Waals surface area contributed by atoms with Crippen LogP contribution in [-0.2, 0) is 0 Å². The second-order valence-electron chi connectivity index (χ2n) is 21.5. The third-order valence-electron chi connectivity index (χ3n) is 16.4. The van der Waals surface area contributed by atoms with Crippen molar-refractivity contribution in [2.45, 2.75) is 6.92 Å². The minimum Gasteiger partial charge on any atom is -0.309 e. The zero-order valence-corrected chi connectivity index (χ0v) is 46.4. The molecule has 0 aliphatic heterocycles. The predicted molar refractivity (Wildman–Crippen MR) is 356 cm³/mol. The first-order valence-corrected chi connectivity index (χ1v) is 28.7. The van der Waals surface area contributed by atoms with Crippen molar-refractivity contribution >= 4 is 65.4 Å². The van der Waals surface area contributed by atoms with Crippen LogP contribution in [0.1, 0.15) is 6.92 Å². The number of aromatic nitrogens is 4. The van der Waals surface area contributed by atoms with Gasteiger partial charge in [-0.25, -0.2) is 4.98 Å². The van der Waals surface area contributed by atoms with Crippen molar-refractivity contribution in [1.82, 2.24) is 18.7 Å². The third-order valence-corrected chi connectivity index (χ3v) is 16.4. The molecule has 12 aromatic carbocycles. The molecular weight excluding hydrogens is 1020 g/mol. The van der Waals surface area contributed by atoms with E-state index in [0.717, 1.165) is 73.0 Å². The molecule has 0 amide bonds. The number of benzene rings is 12. The standard InChI is InChI=1S/C77H50N4.C3H6/c1-2-19-51(20-3-1)52-39-41-53(42-40-52)60-48-70(57-24-16-21-54(43-57)56-23-18-26-61(45-56)79-72-33-10-4-27-64(72)65-28-5-11-34-73(65)79)78-71(49-60)58-25-17-22-55(44-58)59-46-62(80-74-35-12-6-29-66(74)67-30-7-13-36-75(67)80)50-63(47-59)81-76-37-14-8-31-68(76)69-32-9-15-38-77(69)81;1-3-2/h1-50H;3H,1H2,2H3. The molecule has 4 nitrogen and oxygen atoms in total. The first-order valence-electron chi connectivity index (χ1n) is 28.7. The maximum Gasteiger partial charge on any atom is 0.0715 e. The summed E-state index contributed by atoms with van der Waals surface area (Å²) in [6.07, 6.45) is 1.75. The number of nitrogens with zero attached hydrogens (tertiary/aromatic N) is 4. The van der Waals surface area contributed by atoms with Gasteiger partial charge in [-0.2, -0.15) is 0 Å². The van der Waals surface area contributed by atoms with E-state index in [9.17, 15) is 0 Å². The molecule has 0 N–H and O–H groups in total. The predicted octanol–water partition coefficient (Wildman–Crippen LogP) is 21.6. The molecule has 0 saturated carbocycles. The van der Waals surface area contributed by atoms with Gasteiger partial charge in [0.1, 0.15) is 0 Å². The fraction of sp³-hybridized carbons (Fsp3) is 0.0125. The lowest BCUT2D eigenvalue weighted by atomic mass is 9.95. The molecule has 16 aromatic rings. The van der Waals surface area contributed by atoms with Gasteiger partial charge in [0.15, 0.2) is 0 Å². The maximum absolute atomic E-state index is 5.60. The Morgan fingerprint density at radius 3 is 0.929 bits per heavy atom.